The molecule has 3 aliphatic rings. The minimum Gasteiger partial charge on any atom is -0.298 e. The van der Waals surface area contributed by atoms with Gasteiger partial charge in [0.05, 0.1) is 0 Å². The van der Waals surface area contributed by atoms with Crippen LogP contribution in [0.5, 0.6) is 0 Å². The van der Waals surface area contributed by atoms with E-state index in [2.05, 4.69) is 47.1 Å². The standard InChI is InChI=1S/C17H24N2/c1-13-11-18-9-5-8-15(18)12-19(13)17-10-16(17)14-6-3-2-4-7-14/h2-4,6-7,13,15-17H,5,8-12H2,1H3. The molecule has 2 nitrogen and oxygen atoms in total. The Kier molecular flexibility index (Phi) is 2.89. The molecule has 0 N–H and O–H groups in total. The topological polar surface area (TPSA) is 6.48 Å². The van der Waals surface area contributed by atoms with E-state index in [4.69, 9.17) is 0 Å². The van der Waals surface area contributed by atoms with Gasteiger partial charge in [-0.2, -0.15) is 0 Å². The van der Waals surface area contributed by atoms with Crippen LogP contribution < -0.4 is 0 Å². The van der Waals surface area contributed by atoms with E-state index in [1.54, 1.807) is 5.56 Å². The summed E-state index contributed by atoms with van der Waals surface area (Å²) in [5, 5.41) is 0. The van der Waals surface area contributed by atoms with Crippen molar-refractivity contribution in [3.63, 3.8) is 0 Å². The summed E-state index contributed by atoms with van der Waals surface area (Å²) in [4.78, 5) is 5.53. The van der Waals surface area contributed by atoms with Crippen LogP contribution >= 0.6 is 0 Å². The Morgan fingerprint density at radius 1 is 1.11 bits per heavy atom. The van der Waals surface area contributed by atoms with E-state index < -0.39 is 0 Å². The summed E-state index contributed by atoms with van der Waals surface area (Å²) >= 11 is 0. The molecular formula is C17H24N2. The van der Waals surface area contributed by atoms with Gasteiger partial charge in [-0.1, -0.05) is 30.3 Å². The van der Waals surface area contributed by atoms with Crippen molar-refractivity contribution >= 4 is 0 Å². The molecule has 19 heavy (non-hydrogen) atoms. The zero-order valence-corrected chi connectivity index (χ0v) is 11.8. The van der Waals surface area contributed by atoms with Crippen LogP contribution in [-0.4, -0.2) is 47.6 Å². The smallest absolute Gasteiger partial charge is 0.0224 e. The third-order valence-corrected chi connectivity index (χ3v) is 5.40. The van der Waals surface area contributed by atoms with Crippen LogP contribution in [0.25, 0.3) is 0 Å². The molecule has 0 aromatic heterocycles. The fourth-order valence-electron chi connectivity index (χ4n) is 4.28. The number of nitrogens with zero attached hydrogens (tertiary/aromatic N) is 2. The highest BCUT2D eigenvalue weighted by atomic mass is 15.3. The minimum absolute atomic E-state index is 0.744. The molecular weight excluding hydrogens is 232 g/mol. The predicted octanol–water partition coefficient (Wildman–Crippen LogP) is 2.71. The number of fused-ring (bicyclic) bond motifs is 1. The van der Waals surface area contributed by atoms with Crippen LogP contribution in [0.15, 0.2) is 30.3 Å². The zero-order valence-electron chi connectivity index (χ0n) is 11.8. The third-order valence-electron chi connectivity index (χ3n) is 5.40. The van der Waals surface area contributed by atoms with Gasteiger partial charge in [0.2, 0.25) is 0 Å². The molecule has 4 unspecified atom stereocenters. The van der Waals surface area contributed by atoms with Gasteiger partial charge in [-0.05, 0) is 38.3 Å². The summed E-state index contributed by atoms with van der Waals surface area (Å²) in [6, 6.07) is 13.5. The zero-order chi connectivity index (χ0) is 12.8. The lowest BCUT2D eigenvalue weighted by Crippen LogP contribution is -2.55. The molecule has 1 aromatic rings. The quantitative estimate of drug-likeness (QED) is 0.803. The molecule has 2 aliphatic heterocycles. The Labute approximate surface area is 116 Å². The van der Waals surface area contributed by atoms with Gasteiger partial charge < -0.3 is 0 Å². The average molecular weight is 256 g/mol. The SMILES string of the molecule is CC1CN2CCCC2CN1C1CC1c1ccccc1. The fraction of sp³-hybridized carbons (Fsp3) is 0.647. The number of rotatable bonds is 2. The second kappa shape index (κ2) is 4.60. The molecule has 2 heteroatoms. The Bertz CT molecular complexity index is 444. The lowest BCUT2D eigenvalue weighted by Gasteiger charge is -2.42. The number of hydrogen-bond acceptors (Lipinski definition) is 2. The Hall–Kier alpha value is -0.860. The Balaban J connectivity index is 1.46. The van der Waals surface area contributed by atoms with Crippen molar-refractivity contribution in [2.45, 2.75) is 50.2 Å². The normalized spacial score (nSPS) is 39.2. The molecule has 0 amide bonds. The van der Waals surface area contributed by atoms with Gasteiger partial charge in [-0.15, -0.1) is 0 Å². The van der Waals surface area contributed by atoms with Gasteiger partial charge in [-0.25, -0.2) is 0 Å². The molecule has 0 bridgehead atoms. The molecule has 1 saturated carbocycles. The van der Waals surface area contributed by atoms with E-state index in [1.807, 2.05) is 0 Å². The van der Waals surface area contributed by atoms with Crippen LogP contribution in [0, 0.1) is 0 Å². The molecule has 1 aromatic carbocycles. The first-order valence-corrected chi connectivity index (χ1v) is 7.87. The maximum atomic E-state index is 2.81. The Morgan fingerprint density at radius 2 is 1.95 bits per heavy atom. The largest absolute Gasteiger partial charge is 0.298 e. The molecule has 1 aliphatic carbocycles. The van der Waals surface area contributed by atoms with Gasteiger partial charge in [0.25, 0.3) is 0 Å². The van der Waals surface area contributed by atoms with E-state index >= 15 is 0 Å². The second-order valence-electron chi connectivity index (χ2n) is 6.66. The Morgan fingerprint density at radius 3 is 2.79 bits per heavy atom. The van der Waals surface area contributed by atoms with Gasteiger partial charge in [-0.3, -0.25) is 9.80 Å². The van der Waals surface area contributed by atoms with E-state index in [-0.39, 0.29) is 0 Å². The van der Waals surface area contributed by atoms with Crippen molar-refractivity contribution in [2.75, 3.05) is 19.6 Å². The highest BCUT2D eigenvalue weighted by Crippen LogP contribution is 2.46. The summed E-state index contributed by atoms with van der Waals surface area (Å²) in [7, 11) is 0. The highest BCUT2D eigenvalue weighted by molar-refractivity contribution is 5.28. The lowest BCUT2D eigenvalue weighted by atomic mass is 10.1. The minimum atomic E-state index is 0.744. The maximum Gasteiger partial charge on any atom is 0.0224 e. The van der Waals surface area contributed by atoms with Gasteiger partial charge >= 0.3 is 0 Å². The van der Waals surface area contributed by atoms with Crippen LogP contribution in [0.2, 0.25) is 0 Å². The van der Waals surface area contributed by atoms with Crippen molar-refractivity contribution in [3.05, 3.63) is 35.9 Å². The maximum absolute atomic E-state index is 2.81. The first kappa shape index (κ1) is 11.9. The van der Waals surface area contributed by atoms with E-state index in [9.17, 15) is 0 Å². The van der Waals surface area contributed by atoms with Crippen molar-refractivity contribution < 1.29 is 0 Å². The predicted molar refractivity (Wildman–Crippen MR) is 78.4 cm³/mol. The van der Waals surface area contributed by atoms with E-state index in [1.165, 1.54) is 38.9 Å². The molecule has 2 saturated heterocycles. The summed E-state index contributed by atoms with van der Waals surface area (Å²) < 4.78 is 0. The summed E-state index contributed by atoms with van der Waals surface area (Å²) in [5.74, 6) is 0.802. The van der Waals surface area contributed by atoms with E-state index in [0.29, 0.717) is 0 Å². The average Bonchev–Trinajstić information content (AvgIpc) is 3.11. The molecule has 102 valence electrons. The van der Waals surface area contributed by atoms with Crippen LogP contribution in [-0.2, 0) is 0 Å². The molecule has 0 spiro atoms. The van der Waals surface area contributed by atoms with Crippen LogP contribution in [0.1, 0.15) is 37.7 Å². The first-order chi connectivity index (χ1) is 9.33. The number of benzene rings is 1. The molecule has 4 atom stereocenters. The number of piperazine rings is 1. The van der Waals surface area contributed by atoms with Crippen LogP contribution in [0.3, 0.4) is 0 Å². The second-order valence-corrected chi connectivity index (χ2v) is 6.66. The van der Waals surface area contributed by atoms with Gasteiger partial charge in [0, 0.05) is 37.1 Å². The molecule has 3 fully saturated rings. The van der Waals surface area contributed by atoms with Gasteiger partial charge in [0.15, 0.2) is 0 Å². The summed E-state index contributed by atoms with van der Waals surface area (Å²) in [6.07, 6.45) is 4.21. The monoisotopic (exact) mass is 256 g/mol. The highest BCUT2D eigenvalue weighted by Gasteiger charge is 2.47. The van der Waals surface area contributed by atoms with Gasteiger partial charge in [0.1, 0.15) is 0 Å². The molecule has 4 rings (SSSR count). The molecule has 0 radical (unpaired) electrons. The van der Waals surface area contributed by atoms with Crippen molar-refractivity contribution in [2.24, 2.45) is 0 Å². The van der Waals surface area contributed by atoms with E-state index in [0.717, 1.165) is 24.0 Å². The third kappa shape index (κ3) is 2.11. The van der Waals surface area contributed by atoms with Crippen molar-refractivity contribution in [1.82, 2.24) is 9.80 Å². The number of hydrogen-bond donors (Lipinski definition) is 0. The molecule has 2 heterocycles. The van der Waals surface area contributed by atoms with Crippen molar-refractivity contribution in [1.29, 1.82) is 0 Å². The first-order valence-electron chi connectivity index (χ1n) is 7.87. The summed E-state index contributed by atoms with van der Waals surface area (Å²) in [5.41, 5.74) is 1.55. The van der Waals surface area contributed by atoms with Crippen LogP contribution in [0.4, 0.5) is 0 Å². The summed E-state index contributed by atoms with van der Waals surface area (Å²) in [6.45, 7) is 6.38. The lowest BCUT2D eigenvalue weighted by molar-refractivity contribution is 0.0523. The van der Waals surface area contributed by atoms with Crippen molar-refractivity contribution in [3.8, 4) is 0 Å². The fourth-order valence-corrected chi connectivity index (χ4v) is 4.28.